The zero-order valence-corrected chi connectivity index (χ0v) is 15.5. The molecule has 0 atom stereocenters. The Kier molecular flexibility index (Phi) is 7.25. The normalized spacial score (nSPS) is 10.0. The molecule has 2 heterocycles. The maximum Gasteiger partial charge on any atom is 0.137 e. The maximum atomic E-state index is 13.3. The molecule has 8 heteroatoms. The van der Waals surface area contributed by atoms with Gasteiger partial charge in [-0.05, 0) is 34.1 Å². The van der Waals surface area contributed by atoms with Gasteiger partial charge in [-0.1, -0.05) is 6.92 Å². The fourth-order valence-electron chi connectivity index (χ4n) is 2.20. The molecule has 0 N–H and O–H groups in total. The highest BCUT2D eigenvalue weighted by Crippen LogP contribution is 2.19. The van der Waals surface area contributed by atoms with E-state index < -0.39 is 0 Å². The van der Waals surface area contributed by atoms with E-state index in [9.17, 15) is 4.39 Å². The van der Waals surface area contributed by atoms with Crippen LogP contribution in [0, 0.1) is 5.82 Å². The smallest absolute Gasteiger partial charge is 0.137 e. The summed E-state index contributed by atoms with van der Waals surface area (Å²) in [5, 5.41) is 0. The molecular weight excluding hydrogens is 406 g/mol. The van der Waals surface area contributed by atoms with Crippen LogP contribution >= 0.6 is 40.7 Å². The first kappa shape index (κ1) is 19.7. The van der Waals surface area contributed by atoms with Crippen LogP contribution in [0.5, 0.6) is 0 Å². The first-order chi connectivity index (χ1) is 10.2. The predicted molar refractivity (Wildman–Crippen MR) is 96.4 cm³/mol. The molecule has 124 valence electrons. The van der Waals surface area contributed by atoms with Crippen molar-refractivity contribution < 1.29 is 4.39 Å². The zero-order valence-electron chi connectivity index (χ0n) is 12.3. The summed E-state index contributed by atoms with van der Waals surface area (Å²) in [6.45, 7) is 2.76. The van der Waals surface area contributed by atoms with Gasteiger partial charge in [0, 0.05) is 30.7 Å². The number of aryl methyl sites for hydroxylation is 1. The Morgan fingerprint density at radius 3 is 2.70 bits per heavy atom. The van der Waals surface area contributed by atoms with Crippen LogP contribution < -0.4 is 0 Å². The van der Waals surface area contributed by atoms with Crippen molar-refractivity contribution in [1.82, 2.24) is 19.1 Å². The Balaban J connectivity index is 0.00000132. The van der Waals surface area contributed by atoms with Crippen LogP contribution in [-0.4, -0.2) is 19.1 Å². The molecule has 0 spiro atoms. The van der Waals surface area contributed by atoms with Gasteiger partial charge in [-0.3, -0.25) is 0 Å². The van der Waals surface area contributed by atoms with Crippen LogP contribution in [0.15, 0.2) is 47.6 Å². The summed E-state index contributed by atoms with van der Waals surface area (Å²) in [6, 6.07) is 4.89. The molecule has 0 fully saturated rings. The minimum atomic E-state index is -0.273. The van der Waals surface area contributed by atoms with Gasteiger partial charge in [0.25, 0.3) is 0 Å². The fraction of sp³-hybridized carbons (Fsp3) is 0.200. The average molecular weight is 422 g/mol. The SMILES string of the molecule is CCc1nccn1Cc1cn(-c2ccc(F)c(Br)c2)cn1.Cl.Cl. The number of aromatic nitrogens is 4. The molecule has 0 aliphatic rings. The average Bonchev–Trinajstić information content (AvgIpc) is 3.11. The molecule has 1 aromatic carbocycles. The van der Waals surface area contributed by atoms with E-state index in [4.69, 9.17) is 0 Å². The summed E-state index contributed by atoms with van der Waals surface area (Å²) in [4.78, 5) is 8.70. The second kappa shape index (κ2) is 8.47. The third-order valence-electron chi connectivity index (χ3n) is 3.29. The molecule has 3 aromatic rings. The number of benzene rings is 1. The number of hydrogen-bond donors (Lipinski definition) is 0. The van der Waals surface area contributed by atoms with Crippen molar-refractivity contribution in [2.24, 2.45) is 0 Å². The van der Waals surface area contributed by atoms with Crippen LogP contribution in [0.4, 0.5) is 4.39 Å². The van der Waals surface area contributed by atoms with Crippen LogP contribution in [-0.2, 0) is 13.0 Å². The third kappa shape index (κ3) is 4.34. The molecule has 0 saturated heterocycles. The molecule has 4 nitrogen and oxygen atoms in total. The van der Waals surface area contributed by atoms with E-state index in [1.54, 1.807) is 24.7 Å². The van der Waals surface area contributed by atoms with Crippen molar-refractivity contribution in [3.05, 3.63) is 64.9 Å². The highest BCUT2D eigenvalue weighted by Gasteiger charge is 2.06. The lowest BCUT2D eigenvalue weighted by Crippen LogP contribution is -2.03. The Hall–Kier alpha value is -1.37. The van der Waals surface area contributed by atoms with E-state index in [2.05, 4.69) is 37.4 Å². The quantitative estimate of drug-likeness (QED) is 0.624. The topological polar surface area (TPSA) is 35.6 Å². The van der Waals surface area contributed by atoms with Gasteiger partial charge in [0.05, 0.1) is 23.0 Å². The van der Waals surface area contributed by atoms with Gasteiger partial charge in [-0.15, -0.1) is 24.8 Å². The van der Waals surface area contributed by atoms with Crippen LogP contribution in [0.3, 0.4) is 0 Å². The summed E-state index contributed by atoms with van der Waals surface area (Å²) >= 11 is 3.20. The zero-order chi connectivity index (χ0) is 14.8. The van der Waals surface area contributed by atoms with Gasteiger partial charge in [0.15, 0.2) is 0 Å². The standard InChI is InChI=1S/C15H14BrFN4.2ClH/c1-2-15-18-5-6-20(15)8-11-9-21(10-19-11)12-3-4-14(17)13(16)7-12;;/h3-7,9-10H,2,8H2,1H3;2*1H. The van der Waals surface area contributed by atoms with E-state index in [0.29, 0.717) is 11.0 Å². The van der Waals surface area contributed by atoms with Crippen molar-refractivity contribution in [2.45, 2.75) is 19.9 Å². The van der Waals surface area contributed by atoms with Crippen LogP contribution in [0.2, 0.25) is 0 Å². The lowest BCUT2D eigenvalue weighted by atomic mass is 10.3. The van der Waals surface area contributed by atoms with Crippen molar-refractivity contribution in [3.8, 4) is 5.69 Å². The Bertz CT molecular complexity index is 772. The molecule has 0 unspecified atom stereocenters. The molecule has 23 heavy (non-hydrogen) atoms. The predicted octanol–water partition coefficient (Wildman–Crippen LogP) is 4.42. The molecule has 0 aliphatic heterocycles. The van der Waals surface area contributed by atoms with Crippen molar-refractivity contribution in [3.63, 3.8) is 0 Å². The van der Waals surface area contributed by atoms with Crippen molar-refractivity contribution >= 4 is 40.7 Å². The Morgan fingerprint density at radius 2 is 2.00 bits per heavy atom. The van der Waals surface area contributed by atoms with Crippen LogP contribution in [0.1, 0.15) is 18.4 Å². The van der Waals surface area contributed by atoms with Gasteiger partial charge in [-0.25, -0.2) is 14.4 Å². The number of rotatable bonds is 4. The molecule has 0 radical (unpaired) electrons. The lowest BCUT2D eigenvalue weighted by Gasteiger charge is -2.04. The monoisotopic (exact) mass is 420 g/mol. The summed E-state index contributed by atoms with van der Waals surface area (Å²) in [5.74, 6) is 0.763. The molecule has 3 rings (SSSR count). The highest BCUT2D eigenvalue weighted by molar-refractivity contribution is 9.10. The number of nitrogens with zero attached hydrogens (tertiary/aromatic N) is 4. The largest absolute Gasteiger partial charge is 0.329 e. The molecule has 0 amide bonds. The van der Waals surface area contributed by atoms with Gasteiger partial charge in [0.1, 0.15) is 11.6 Å². The molecule has 0 aliphatic carbocycles. The first-order valence-corrected chi connectivity index (χ1v) is 7.45. The second-order valence-corrected chi connectivity index (χ2v) is 5.55. The molecule has 0 saturated carbocycles. The highest BCUT2D eigenvalue weighted by atomic mass is 79.9. The molecule has 0 bridgehead atoms. The lowest BCUT2D eigenvalue weighted by molar-refractivity contribution is 0.620. The number of hydrogen-bond acceptors (Lipinski definition) is 2. The van der Waals surface area contributed by atoms with E-state index in [0.717, 1.165) is 23.6 Å². The second-order valence-electron chi connectivity index (χ2n) is 4.70. The van der Waals surface area contributed by atoms with Crippen molar-refractivity contribution in [1.29, 1.82) is 0 Å². The van der Waals surface area contributed by atoms with Gasteiger partial charge in [-0.2, -0.15) is 0 Å². The van der Waals surface area contributed by atoms with E-state index in [-0.39, 0.29) is 30.6 Å². The van der Waals surface area contributed by atoms with Gasteiger partial charge in [0.2, 0.25) is 0 Å². The summed E-state index contributed by atoms with van der Waals surface area (Å²) in [5.41, 5.74) is 1.80. The maximum absolute atomic E-state index is 13.3. The minimum Gasteiger partial charge on any atom is -0.329 e. The Morgan fingerprint density at radius 1 is 1.22 bits per heavy atom. The first-order valence-electron chi connectivity index (χ1n) is 6.65. The van der Waals surface area contributed by atoms with E-state index >= 15 is 0 Å². The molecule has 2 aromatic heterocycles. The van der Waals surface area contributed by atoms with Gasteiger partial charge < -0.3 is 9.13 Å². The molecular formula is C15H16BrCl2FN4. The number of halogens is 4. The van der Waals surface area contributed by atoms with Gasteiger partial charge >= 0.3 is 0 Å². The van der Waals surface area contributed by atoms with E-state index in [1.807, 2.05) is 17.0 Å². The number of imidazole rings is 2. The van der Waals surface area contributed by atoms with Crippen molar-refractivity contribution in [2.75, 3.05) is 0 Å². The third-order valence-corrected chi connectivity index (χ3v) is 3.90. The summed E-state index contributed by atoms with van der Waals surface area (Å²) < 4.78 is 17.7. The van der Waals surface area contributed by atoms with Crippen LogP contribution in [0.25, 0.3) is 5.69 Å². The fourth-order valence-corrected chi connectivity index (χ4v) is 2.57. The minimum absolute atomic E-state index is 0. The summed E-state index contributed by atoms with van der Waals surface area (Å²) in [7, 11) is 0. The summed E-state index contributed by atoms with van der Waals surface area (Å²) in [6.07, 6.45) is 8.31. The Labute approximate surface area is 154 Å². The van der Waals surface area contributed by atoms with E-state index in [1.165, 1.54) is 6.07 Å².